The molecule has 2 saturated heterocycles. The van der Waals surface area contributed by atoms with Crippen molar-refractivity contribution in [3.8, 4) is 5.75 Å². The summed E-state index contributed by atoms with van der Waals surface area (Å²) in [5.41, 5.74) is 2.96. The molecule has 4 heterocycles. The Labute approximate surface area is 214 Å². The van der Waals surface area contributed by atoms with Crippen LogP contribution in [-0.4, -0.2) is 54.1 Å². The van der Waals surface area contributed by atoms with E-state index in [1.54, 1.807) is 6.07 Å². The maximum Gasteiger partial charge on any atom is 0.259 e. The molecule has 2 amide bonds. The largest absolute Gasteiger partial charge is 0.489 e. The number of nitrogens with one attached hydrogen (secondary N) is 3. The van der Waals surface area contributed by atoms with Crippen molar-refractivity contribution in [2.24, 2.45) is 0 Å². The third-order valence-electron chi connectivity index (χ3n) is 6.41. The molecule has 1 aromatic carbocycles. The highest BCUT2D eigenvalue weighted by molar-refractivity contribution is 7.13. The molecule has 0 unspecified atom stereocenters. The van der Waals surface area contributed by atoms with Gasteiger partial charge in [0.05, 0.1) is 28.7 Å². The van der Waals surface area contributed by atoms with E-state index < -0.39 is 0 Å². The molecule has 5 rings (SSSR count). The van der Waals surface area contributed by atoms with Crippen molar-refractivity contribution in [3.63, 3.8) is 0 Å². The number of anilines is 3. The van der Waals surface area contributed by atoms with Gasteiger partial charge in [0.2, 0.25) is 0 Å². The van der Waals surface area contributed by atoms with Gasteiger partial charge in [0.15, 0.2) is 5.13 Å². The highest BCUT2D eigenvalue weighted by atomic mass is 32.1. The Morgan fingerprint density at radius 3 is 2.61 bits per heavy atom. The second-order valence-corrected chi connectivity index (χ2v) is 9.92. The molecule has 0 bridgehead atoms. The molecule has 0 radical (unpaired) electrons. The third kappa shape index (κ3) is 5.66. The van der Waals surface area contributed by atoms with Gasteiger partial charge in [-0.05, 0) is 63.9 Å². The number of aromatic nitrogens is 2. The van der Waals surface area contributed by atoms with Crippen molar-refractivity contribution in [2.75, 3.05) is 41.7 Å². The summed E-state index contributed by atoms with van der Waals surface area (Å²) in [7, 11) is 0. The SMILES string of the molecule is Cc1csc(NC(=O)c2ccncc2NC(=O)c2ccc(N3CCCC3)cc2OC2CCNCC2)n1. The lowest BCUT2D eigenvalue weighted by molar-refractivity contribution is 0.101. The Morgan fingerprint density at radius 2 is 1.86 bits per heavy atom. The molecule has 0 aliphatic carbocycles. The fourth-order valence-corrected chi connectivity index (χ4v) is 5.20. The highest BCUT2D eigenvalue weighted by Crippen LogP contribution is 2.31. The summed E-state index contributed by atoms with van der Waals surface area (Å²) in [6.45, 7) is 5.66. The van der Waals surface area contributed by atoms with Crippen molar-refractivity contribution in [2.45, 2.75) is 38.7 Å². The summed E-state index contributed by atoms with van der Waals surface area (Å²) in [5, 5.41) is 11.4. The second kappa shape index (κ2) is 11.0. The van der Waals surface area contributed by atoms with Crippen molar-refractivity contribution < 1.29 is 14.3 Å². The standard InChI is InChI=1S/C26H30N6O3S/c1-17-16-36-26(29-17)31-24(33)20-8-11-28-15-22(20)30-25(34)21-5-4-18(32-12-2-3-13-32)14-23(21)35-19-6-9-27-10-7-19/h4-5,8,11,14-16,19,27H,2-3,6-7,9-10,12-13H2,1H3,(H,30,34)(H,29,31,33). The van der Waals surface area contributed by atoms with Crippen LogP contribution in [0, 0.1) is 6.92 Å². The van der Waals surface area contributed by atoms with Crippen LogP contribution in [0.2, 0.25) is 0 Å². The van der Waals surface area contributed by atoms with E-state index in [0.29, 0.717) is 27.7 Å². The lowest BCUT2D eigenvalue weighted by Gasteiger charge is -2.26. The van der Waals surface area contributed by atoms with Crippen LogP contribution in [0.4, 0.5) is 16.5 Å². The van der Waals surface area contributed by atoms with Gasteiger partial charge in [-0.2, -0.15) is 0 Å². The molecule has 188 valence electrons. The van der Waals surface area contributed by atoms with E-state index >= 15 is 0 Å². The summed E-state index contributed by atoms with van der Waals surface area (Å²) in [5.74, 6) is -0.145. The molecular formula is C26H30N6O3S. The van der Waals surface area contributed by atoms with Gasteiger partial charge in [-0.3, -0.25) is 19.9 Å². The van der Waals surface area contributed by atoms with Crippen LogP contribution in [0.3, 0.4) is 0 Å². The zero-order valence-electron chi connectivity index (χ0n) is 20.3. The molecule has 9 nitrogen and oxygen atoms in total. The molecular weight excluding hydrogens is 476 g/mol. The molecule has 2 aromatic heterocycles. The topological polar surface area (TPSA) is 108 Å². The number of amides is 2. The minimum Gasteiger partial charge on any atom is -0.489 e. The average molecular weight is 507 g/mol. The van der Waals surface area contributed by atoms with Crippen molar-refractivity contribution >= 4 is 39.7 Å². The van der Waals surface area contributed by atoms with E-state index in [1.807, 2.05) is 30.5 Å². The first-order chi connectivity index (χ1) is 17.6. The van der Waals surface area contributed by atoms with Crippen LogP contribution >= 0.6 is 11.3 Å². The number of aryl methyl sites for hydroxylation is 1. The molecule has 2 aliphatic rings. The molecule has 10 heteroatoms. The van der Waals surface area contributed by atoms with Gasteiger partial charge in [0.25, 0.3) is 11.8 Å². The predicted octanol–water partition coefficient (Wildman–Crippen LogP) is 4.08. The van der Waals surface area contributed by atoms with Crippen LogP contribution in [0.5, 0.6) is 5.75 Å². The van der Waals surface area contributed by atoms with Gasteiger partial charge in [-0.15, -0.1) is 11.3 Å². The molecule has 0 spiro atoms. The first-order valence-electron chi connectivity index (χ1n) is 12.3. The molecule has 36 heavy (non-hydrogen) atoms. The number of nitrogens with zero attached hydrogens (tertiary/aromatic N) is 3. The molecule has 0 saturated carbocycles. The molecule has 0 atom stereocenters. The third-order valence-corrected chi connectivity index (χ3v) is 7.29. The quantitative estimate of drug-likeness (QED) is 0.443. The van der Waals surface area contributed by atoms with Crippen LogP contribution in [0.1, 0.15) is 52.1 Å². The van der Waals surface area contributed by atoms with Crippen molar-refractivity contribution in [3.05, 3.63) is 58.9 Å². The molecule has 2 fully saturated rings. The van der Waals surface area contributed by atoms with Gasteiger partial charge in [-0.25, -0.2) is 4.98 Å². The number of carbonyl (C=O) groups is 2. The summed E-state index contributed by atoms with van der Waals surface area (Å²) in [6.07, 6.45) is 7.15. The van der Waals surface area contributed by atoms with Crippen molar-refractivity contribution in [1.82, 2.24) is 15.3 Å². The monoisotopic (exact) mass is 506 g/mol. The van der Waals surface area contributed by atoms with E-state index in [0.717, 1.165) is 50.4 Å². The number of carbonyl (C=O) groups excluding carboxylic acids is 2. The van der Waals surface area contributed by atoms with Gasteiger partial charge in [0, 0.05) is 36.4 Å². The van der Waals surface area contributed by atoms with E-state index in [-0.39, 0.29) is 17.9 Å². The second-order valence-electron chi connectivity index (χ2n) is 9.07. The Bertz CT molecular complexity index is 1230. The van der Waals surface area contributed by atoms with E-state index in [1.165, 1.54) is 36.6 Å². The van der Waals surface area contributed by atoms with E-state index in [9.17, 15) is 9.59 Å². The van der Waals surface area contributed by atoms with Crippen LogP contribution in [0.15, 0.2) is 42.0 Å². The first-order valence-corrected chi connectivity index (χ1v) is 13.2. The van der Waals surface area contributed by atoms with Gasteiger partial charge < -0.3 is 20.3 Å². The number of piperidine rings is 1. The Hall–Kier alpha value is -3.50. The Kier molecular flexibility index (Phi) is 7.43. The Balaban J connectivity index is 1.38. The summed E-state index contributed by atoms with van der Waals surface area (Å²) in [6, 6.07) is 7.34. The van der Waals surface area contributed by atoms with Gasteiger partial charge in [0.1, 0.15) is 11.9 Å². The number of benzene rings is 1. The number of hydrogen-bond donors (Lipinski definition) is 3. The summed E-state index contributed by atoms with van der Waals surface area (Å²) in [4.78, 5) is 37.1. The minimum atomic E-state index is -0.363. The lowest BCUT2D eigenvalue weighted by Crippen LogP contribution is -2.34. The van der Waals surface area contributed by atoms with Crippen LogP contribution in [-0.2, 0) is 0 Å². The maximum atomic E-state index is 13.5. The minimum absolute atomic E-state index is 0.0492. The predicted molar refractivity (Wildman–Crippen MR) is 141 cm³/mol. The fourth-order valence-electron chi connectivity index (χ4n) is 4.52. The zero-order valence-corrected chi connectivity index (χ0v) is 21.1. The highest BCUT2D eigenvalue weighted by Gasteiger charge is 2.23. The van der Waals surface area contributed by atoms with Crippen molar-refractivity contribution in [1.29, 1.82) is 0 Å². The molecule has 3 aromatic rings. The van der Waals surface area contributed by atoms with E-state index in [4.69, 9.17) is 4.74 Å². The normalized spacial score (nSPS) is 16.1. The summed E-state index contributed by atoms with van der Waals surface area (Å²) >= 11 is 1.35. The smallest absolute Gasteiger partial charge is 0.259 e. The van der Waals surface area contributed by atoms with Gasteiger partial charge >= 0.3 is 0 Å². The van der Waals surface area contributed by atoms with Gasteiger partial charge in [-0.1, -0.05) is 0 Å². The maximum absolute atomic E-state index is 13.5. The number of pyridine rings is 1. The number of hydrogen-bond acceptors (Lipinski definition) is 8. The van der Waals surface area contributed by atoms with Crippen LogP contribution in [0.25, 0.3) is 0 Å². The number of ether oxygens (including phenoxy) is 1. The van der Waals surface area contributed by atoms with Crippen LogP contribution < -0.4 is 25.6 Å². The summed E-state index contributed by atoms with van der Waals surface area (Å²) < 4.78 is 6.38. The number of thiazole rings is 1. The average Bonchev–Trinajstić information content (AvgIpc) is 3.57. The lowest BCUT2D eigenvalue weighted by atomic mass is 10.1. The van der Waals surface area contributed by atoms with E-state index in [2.05, 4.69) is 30.8 Å². The first kappa shape index (κ1) is 24.2. The zero-order chi connectivity index (χ0) is 24.9. The number of rotatable bonds is 7. The molecule has 2 aliphatic heterocycles. The fraction of sp³-hybridized carbons (Fsp3) is 0.385. The molecule has 3 N–H and O–H groups in total. The Morgan fingerprint density at radius 1 is 1.08 bits per heavy atom.